The minimum absolute atomic E-state index is 0.825. The number of pyridine rings is 1. The van der Waals surface area contributed by atoms with E-state index in [-0.39, 0.29) is 0 Å². The Balaban J connectivity index is 1.97. The van der Waals surface area contributed by atoms with Crippen LogP contribution in [0.25, 0.3) is 0 Å². The molecule has 2 unspecified atom stereocenters. The molecular formula is C13H20N2. The van der Waals surface area contributed by atoms with Gasteiger partial charge in [-0.25, -0.2) is 0 Å². The average Bonchev–Trinajstić information content (AvgIpc) is 2.31. The summed E-state index contributed by atoms with van der Waals surface area (Å²) >= 11 is 0. The molecule has 2 atom stereocenters. The van der Waals surface area contributed by atoms with Gasteiger partial charge in [-0.05, 0) is 49.9 Å². The van der Waals surface area contributed by atoms with Gasteiger partial charge in [0.2, 0.25) is 0 Å². The lowest BCUT2D eigenvalue weighted by atomic mass is 9.81. The summed E-state index contributed by atoms with van der Waals surface area (Å²) in [5, 5.41) is 3.48. The largest absolute Gasteiger partial charge is 0.316 e. The lowest BCUT2D eigenvalue weighted by molar-refractivity contribution is 0.244. The van der Waals surface area contributed by atoms with Gasteiger partial charge in [0.05, 0.1) is 0 Å². The van der Waals surface area contributed by atoms with Gasteiger partial charge in [0, 0.05) is 11.9 Å². The molecule has 2 nitrogen and oxygen atoms in total. The van der Waals surface area contributed by atoms with E-state index in [1.54, 1.807) is 0 Å². The Kier molecular flexibility index (Phi) is 3.73. The summed E-state index contributed by atoms with van der Waals surface area (Å²) in [4.78, 5) is 4.42. The summed E-state index contributed by atoms with van der Waals surface area (Å²) in [6.45, 7) is 4.66. The third-order valence-electron chi connectivity index (χ3n) is 3.49. The van der Waals surface area contributed by atoms with Gasteiger partial charge >= 0.3 is 0 Å². The van der Waals surface area contributed by atoms with Gasteiger partial charge in [0.1, 0.15) is 0 Å². The Hall–Kier alpha value is -0.890. The standard InChI is InChI=1S/C13H20N2/c1-2-11-10-14-8-6-12(11)9-13-5-3-4-7-15-13/h3-5,7,11-12,14H,2,6,8-10H2,1H3. The molecule has 0 bridgehead atoms. The first-order valence-electron chi connectivity index (χ1n) is 6.00. The highest BCUT2D eigenvalue weighted by molar-refractivity contribution is 5.05. The molecule has 0 saturated carbocycles. The van der Waals surface area contributed by atoms with E-state index in [0.29, 0.717) is 0 Å². The van der Waals surface area contributed by atoms with Crippen molar-refractivity contribution in [3.63, 3.8) is 0 Å². The van der Waals surface area contributed by atoms with E-state index in [4.69, 9.17) is 0 Å². The Morgan fingerprint density at radius 2 is 2.33 bits per heavy atom. The molecule has 1 aromatic heterocycles. The summed E-state index contributed by atoms with van der Waals surface area (Å²) in [5.74, 6) is 1.66. The van der Waals surface area contributed by atoms with Crippen molar-refractivity contribution in [2.75, 3.05) is 13.1 Å². The van der Waals surface area contributed by atoms with Gasteiger partial charge in [-0.15, -0.1) is 0 Å². The molecule has 82 valence electrons. The van der Waals surface area contributed by atoms with Crippen molar-refractivity contribution in [2.45, 2.75) is 26.2 Å². The van der Waals surface area contributed by atoms with Gasteiger partial charge in [0.25, 0.3) is 0 Å². The maximum Gasteiger partial charge on any atom is 0.0406 e. The smallest absolute Gasteiger partial charge is 0.0406 e. The van der Waals surface area contributed by atoms with E-state index in [0.717, 1.165) is 18.3 Å². The number of piperidine rings is 1. The predicted molar refractivity (Wildman–Crippen MR) is 62.7 cm³/mol. The summed E-state index contributed by atoms with van der Waals surface area (Å²) in [5.41, 5.74) is 1.25. The molecule has 0 aliphatic carbocycles. The van der Waals surface area contributed by atoms with Crippen LogP contribution in [0.5, 0.6) is 0 Å². The molecule has 1 N–H and O–H groups in total. The molecule has 0 aromatic carbocycles. The summed E-state index contributed by atoms with van der Waals surface area (Å²) in [6, 6.07) is 6.22. The number of nitrogens with one attached hydrogen (secondary N) is 1. The zero-order valence-electron chi connectivity index (χ0n) is 9.45. The third kappa shape index (κ3) is 2.78. The van der Waals surface area contributed by atoms with Crippen LogP contribution in [0.1, 0.15) is 25.5 Å². The molecule has 2 heteroatoms. The van der Waals surface area contributed by atoms with Crippen LogP contribution in [0.2, 0.25) is 0 Å². The van der Waals surface area contributed by atoms with Crippen molar-refractivity contribution in [1.82, 2.24) is 10.3 Å². The van der Waals surface area contributed by atoms with Crippen LogP contribution in [0.3, 0.4) is 0 Å². The van der Waals surface area contributed by atoms with Crippen LogP contribution >= 0.6 is 0 Å². The van der Waals surface area contributed by atoms with Gasteiger partial charge in [-0.2, -0.15) is 0 Å². The van der Waals surface area contributed by atoms with E-state index in [2.05, 4.69) is 29.4 Å². The highest BCUT2D eigenvalue weighted by Gasteiger charge is 2.23. The Bertz CT molecular complexity index is 284. The van der Waals surface area contributed by atoms with Gasteiger partial charge in [0.15, 0.2) is 0 Å². The fraction of sp³-hybridized carbons (Fsp3) is 0.615. The quantitative estimate of drug-likeness (QED) is 0.817. The van der Waals surface area contributed by atoms with E-state index in [1.807, 2.05) is 12.3 Å². The van der Waals surface area contributed by atoms with Crippen molar-refractivity contribution in [3.05, 3.63) is 30.1 Å². The van der Waals surface area contributed by atoms with E-state index in [1.165, 1.54) is 31.6 Å². The Morgan fingerprint density at radius 3 is 3.07 bits per heavy atom. The molecule has 1 saturated heterocycles. The van der Waals surface area contributed by atoms with E-state index < -0.39 is 0 Å². The zero-order valence-corrected chi connectivity index (χ0v) is 9.45. The minimum Gasteiger partial charge on any atom is -0.316 e. The average molecular weight is 204 g/mol. The second kappa shape index (κ2) is 5.26. The molecule has 0 radical (unpaired) electrons. The number of aromatic nitrogens is 1. The number of hydrogen-bond donors (Lipinski definition) is 1. The van der Waals surface area contributed by atoms with Crippen molar-refractivity contribution >= 4 is 0 Å². The maximum absolute atomic E-state index is 4.42. The predicted octanol–water partition coefficient (Wildman–Crippen LogP) is 2.26. The van der Waals surface area contributed by atoms with Gasteiger partial charge in [-0.3, -0.25) is 4.98 Å². The number of rotatable bonds is 3. The van der Waals surface area contributed by atoms with Crippen molar-refractivity contribution in [2.24, 2.45) is 11.8 Å². The Labute approximate surface area is 92.1 Å². The van der Waals surface area contributed by atoms with Crippen LogP contribution in [0, 0.1) is 11.8 Å². The monoisotopic (exact) mass is 204 g/mol. The summed E-state index contributed by atoms with van der Waals surface area (Å²) in [7, 11) is 0. The van der Waals surface area contributed by atoms with E-state index >= 15 is 0 Å². The lowest BCUT2D eigenvalue weighted by Crippen LogP contribution is -2.37. The third-order valence-corrected chi connectivity index (χ3v) is 3.49. The summed E-state index contributed by atoms with van der Waals surface area (Å²) < 4.78 is 0. The van der Waals surface area contributed by atoms with Crippen LogP contribution in [-0.4, -0.2) is 18.1 Å². The normalized spacial score (nSPS) is 26.5. The first-order valence-corrected chi connectivity index (χ1v) is 6.00. The number of nitrogens with zero attached hydrogens (tertiary/aromatic N) is 1. The second-order valence-corrected chi connectivity index (χ2v) is 4.45. The van der Waals surface area contributed by atoms with Crippen LogP contribution in [0.15, 0.2) is 24.4 Å². The first-order chi connectivity index (χ1) is 7.40. The molecule has 2 rings (SSSR count). The molecule has 2 heterocycles. The molecular weight excluding hydrogens is 184 g/mol. The lowest BCUT2D eigenvalue weighted by Gasteiger charge is -2.31. The SMILES string of the molecule is CCC1CNCCC1Cc1ccccn1. The fourth-order valence-corrected chi connectivity index (χ4v) is 2.51. The topological polar surface area (TPSA) is 24.9 Å². The fourth-order valence-electron chi connectivity index (χ4n) is 2.51. The molecule has 0 amide bonds. The molecule has 1 fully saturated rings. The van der Waals surface area contributed by atoms with Crippen molar-refractivity contribution in [1.29, 1.82) is 0 Å². The number of hydrogen-bond acceptors (Lipinski definition) is 2. The minimum atomic E-state index is 0.825. The van der Waals surface area contributed by atoms with E-state index in [9.17, 15) is 0 Å². The van der Waals surface area contributed by atoms with Gasteiger partial charge < -0.3 is 5.32 Å². The Morgan fingerprint density at radius 1 is 1.40 bits per heavy atom. The maximum atomic E-state index is 4.42. The van der Waals surface area contributed by atoms with Gasteiger partial charge in [-0.1, -0.05) is 19.4 Å². The molecule has 0 spiro atoms. The highest BCUT2D eigenvalue weighted by Crippen LogP contribution is 2.25. The molecule has 15 heavy (non-hydrogen) atoms. The van der Waals surface area contributed by atoms with Crippen LogP contribution < -0.4 is 5.32 Å². The molecule has 1 aliphatic rings. The van der Waals surface area contributed by atoms with Crippen LogP contribution in [0.4, 0.5) is 0 Å². The second-order valence-electron chi connectivity index (χ2n) is 4.45. The van der Waals surface area contributed by atoms with Crippen molar-refractivity contribution in [3.8, 4) is 0 Å². The summed E-state index contributed by atoms with van der Waals surface area (Å²) in [6.07, 6.45) is 5.64. The highest BCUT2D eigenvalue weighted by atomic mass is 14.9. The van der Waals surface area contributed by atoms with Crippen LogP contribution in [-0.2, 0) is 6.42 Å². The molecule has 1 aliphatic heterocycles. The van der Waals surface area contributed by atoms with Crippen molar-refractivity contribution < 1.29 is 0 Å². The zero-order chi connectivity index (χ0) is 10.5. The molecule has 1 aromatic rings. The first kappa shape index (κ1) is 10.6.